The number of aryl methyl sites for hydroxylation is 2. The molecular formula is C11H13N3. The molecule has 0 N–H and O–H groups in total. The third-order valence-corrected chi connectivity index (χ3v) is 2.29. The highest BCUT2D eigenvalue weighted by atomic mass is 15.1. The first-order valence-corrected chi connectivity index (χ1v) is 4.76. The summed E-state index contributed by atoms with van der Waals surface area (Å²) >= 11 is 0. The van der Waals surface area contributed by atoms with Gasteiger partial charge in [0.1, 0.15) is 11.6 Å². The Kier molecular flexibility index (Phi) is 2.31. The summed E-state index contributed by atoms with van der Waals surface area (Å²) in [5.41, 5.74) is 1.26. The van der Waals surface area contributed by atoms with Crippen LogP contribution in [0.25, 0.3) is 5.82 Å². The van der Waals surface area contributed by atoms with Crippen LogP contribution in [0.1, 0.15) is 18.3 Å². The molecule has 2 heterocycles. The second-order valence-electron chi connectivity index (χ2n) is 3.22. The Balaban J connectivity index is 2.39. The molecule has 72 valence electrons. The topological polar surface area (TPSA) is 30.7 Å². The normalized spacial score (nSPS) is 10.4. The van der Waals surface area contributed by atoms with Gasteiger partial charge in [-0.15, -0.1) is 0 Å². The molecule has 2 aromatic heterocycles. The van der Waals surface area contributed by atoms with Crippen molar-refractivity contribution in [3.63, 3.8) is 0 Å². The van der Waals surface area contributed by atoms with Gasteiger partial charge in [0.05, 0.1) is 0 Å². The second-order valence-corrected chi connectivity index (χ2v) is 3.22. The molecule has 0 saturated heterocycles. The van der Waals surface area contributed by atoms with Gasteiger partial charge in [-0.05, 0) is 25.0 Å². The van der Waals surface area contributed by atoms with Crippen LogP contribution in [0, 0.1) is 6.92 Å². The lowest BCUT2D eigenvalue weighted by atomic mass is 10.2. The van der Waals surface area contributed by atoms with Crippen LogP contribution < -0.4 is 0 Å². The first kappa shape index (κ1) is 8.94. The highest BCUT2D eigenvalue weighted by molar-refractivity contribution is 5.26. The molecule has 0 unspecified atom stereocenters. The van der Waals surface area contributed by atoms with Crippen molar-refractivity contribution < 1.29 is 0 Å². The van der Waals surface area contributed by atoms with Crippen molar-refractivity contribution in [1.82, 2.24) is 14.5 Å². The van der Waals surface area contributed by atoms with E-state index in [9.17, 15) is 0 Å². The summed E-state index contributed by atoms with van der Waals surface area (Å²) in [4.78, 5) is 8.53. The lowest BCUT2D eigenvalue weighted by Crippen LogP contribution is -1.98. The van der Waals surface area contributed by atoms with Crippen LogP contribution in [0.3, 0.4) is 0 Å². The van der Waals surface area contributed by atoms with E-state index in [4.69, 9.17) is 0 Å². The molecule has 0 atom stereocenters. The number of hydrogen-bond donors (Lipinski definition) is 0. The van der Waals surface area contributed by atoms with Crippen LogP contribution in [-0.4, -0.2) is 14.5 Å². The fourth-order valence-corrected chi connectivity index (χ4v) is 1.39. The zero-order chi connectivity index (χ0) is 9.97. The van der Waals surface area contributed by atoms with Crippen LogP contribution in [0.4, 0.5) is 0 Å². The van der Waals surface area contributed by atoms with Crippen molar-refractivity contribution in [3.8, 4) is 5.82 Å². The zero-order valence-electron chi connectivity index (χ0n) is 8.44. The van der Waals surface area contributed by atoms with Gasteiger partial charge in [-0.25, -0.2) is 9.97 Å². The number of hydrogen-bond acceptors (Lipinski definition) is 2. The predicted molar refractivity (Wildman–Crippen MR) is 55.5 cm³/mol. The van der Waals surface area contributed by atoms with E-state index in [2.05, 4.69) is 23.0 Å². The fraction of sp³-hybridized carbons (Fsp3) is 0.273. The smallest absolute Gasteiger partial charge is 0.137 e. The third-order valence-electron chi connectivity index (χ3n) is 2.29. The molecule has 0 aromatic carbocycles. The molecule has 0 saturated carbocycles. The Bertz CT molecular complexity index is 414. The molecule has 0 fully saturated rings. The van der Waals surface area contributed by atoms with Crippen molar-refractivity contribution in [2.24, 2.45) is 0 Å². The lowest BCUT2D eigenvalue weighted by Gasteiger charge is -2.03. The number of rotatable bonds is 2. The first-order valence-electron chi connectivity index (χ1n) is 4.76. The molecule has 0 aliphatic rings. The van der Waals surface area contributed by atoms with E-state index in [1.165, 1.54) is 5.56 Å². The van der Waals surface area contributed by atoms with E-state index in [1.807, 2.05) is 30.0 Å². The molecule has 0 aliphatic heterocycles. The minimum Gasteiger partial charge on any atom is -0.288 e. The molecule has 0 spiro atoms. The van der Waals surface area contributed by atoms with Gasteiger partial charge in [0, 0.05) is 18.6 Å². The van der Waals surface area contributed by atoms with Gasteiger partial charge in [0.25, 0.3) is 0 Å². The monoisotopic (exact) mass is 187 g/mol. The van der Waals surface area contributed by atoms with E-state index >= 15 is 0 Å². The van der Waals surface area contributed by atoms with Crippen LogP contribution >= 0.6 is 0 Å². The largest absolute Gasteiger partial charge is 0.288 e. The Morgan fingerprint density at radius 2 is 2.14 bits per heavy atom. The van der Waals surface area contributed by atoms with Gasteiger partial charge in [-0.1, -0.05) is 13.0 Å². The average Bonchev–Trinajstić information content (AvgIpc) is 2.65. The summed E-state index contributed by atoms with van der Waals surface area (Å²) in [6.45, 7) is 4.09. The molecule has 0 radical (unpaired) electrons. The zero-order valence-corrected chi connectivity index (χ0v) is 8.44. The van der Waals surface area contributed by atoms with Crippen molar-refractivity contribution in [2.75, 3.05) is 0 Å². The predicted octanol–water partition coefficient (Wildman–Crippen LogP) is 2.14. The van der Waals surface area contributed by atoms with Gasteiger partial charge >= 0.3 is 0 Å². The third kappa shape index (κ3) is 1.53. The average molecular weight is 187 g/mol. The molecule has 3 heteroatoms. The summed E-state index contributed by atoms with van der Waals surface area (Å²) < 4.78 is 1.97. The molecule has 2 aromatic rings. The Morgan fingerprint density at radius 3 is 2.64 bits per heavy atom. The first-order chi connectivity index (χ1) is 6.81. The summed E-state index contributed by atoms with van der Waals surface area (Å²) in [6, 6.07) is 4.12. The van der Waals surface area contributed by atoms with Gasteiger partial charge in [0.2, 0.25) is 0 Å². The Labute approximate surface area is 83.4 Å². The molecule has 14 heavy (non-hydrogen) atoms. The van der Waals surface area contributed by atoms with E-state index in [0.29, 0.717) is 0 Å². The Hall–Kier alpha value is -1.64. The number of pyridine rings is 1. The van der Waals surface area contributed by atoms with Gasteiger partial charge < -0.3 is 0 Å². The van der Waals surface area contributed by atoms with Crippen LogP contribution in [0.15, 0.2) is 30.7 Å². The number of nitrogens with zero attached hydrogens (tertiary/aromatic N) is 3. The van der Waals surface area contributed by atoms with Crippen molar-refractivity contribution >= 4 is 0 Å². The summed E-state index contributed by atoms with van der Waals surface area (Å²) in [7, 11) is 0. The second kappa shape index (κ2) is 3.62. The van der Waals surface area contributed by atoms with E-state index < -0.39 is 0 Å². The summed E-state index contributed by atoms with van der Waals surface area (Å²) in [6.07, 6.45) is 6.64. The molecular weight excluding hydrogens is 174 g/mol. The van der Waals surface area contributed by atoms with E-state index in [-0.39, 0.29) is 0 Å². The van der Waals surface area contributed by atoms with Gasteiger partial charge in [0.15, 0.2) is 0 Å². The van der Waals surface area contributed by atoms with Crippen molar-refractivity contribution in [3.05, 3.63) is 42.1 Å². The maximum absolute atomic E-state index is 4.38. The van der Waals surface area contributed by atoms with E-state index in [0.717, 1.165) is 18.1 Å². The summed E-state index contributed by atoms with van der Waals surface area (Å²) in [5.74, 6) is 1.89. The van der Waals surface area contributed by atoms with Crippen LogP contribution in [0.2, 0.25) is 0 Å². The molecule has 3 nitrogen and oxygen atoms in total. The van der Waals surface area contributed by atoms with Gasteiger partial charge in [-0.3, -0.25) is 4.57 Å². The van der Waals surface area contributed by atoms with E-state index in [1.54, 1.807) is 6.20 Å². The fourth-order valence-electron chi connectivity index (χ4n) is 1.39. The highest BCUT2D eigenvalue weighted by Gasteiger charge is 2.00. The standard InChI is InChI=1S/C11H13N3/c1-3-10-4-5-11(13-8-10)14-7-6-12-9(14)2/h4-8H,3H2,1-2H3. The Morgan fingerprint density at radius 1 is 1.29 bits per heavy atom. The number of imidazole rings is 1. The number of aromatic nitrogens is 3. The maximum Gasteiger partial charge on any atom is 0.137 e. The minimum atomic E-state index is 0.928. The van der Waals surface area contributed by atoms with Gasteiger partial charge in [-0.2, -0.15) is 0 Å². The van der Waals surface area contributed by atoms with Crippen molar-refractivity contribution in [2.45, 2.75) is 20.3 Å². The quantitative estimate of drug-likeness (QED) is 0.721. The highest BCUT2D eigenvalue weighted by Crippen LogP contribution is 2.08. The molecule has 0 bridgehead atoms. The van der Waals surface area contributed by atoms with Crippen molar-refractivity contribution in [1.29, 1.82) is 0 Å². The minimum absolute atomic E-state index is 0.928. The van der Waals surface area contributed by atoms with Crippen LogP contribution in [-0.2, 0) is 6.42 Å². The SMILES string of the molecule is CCc1ccc(-n2ccnc2C)nc1. The molecule has 0 aliphatic carbocycles. The maximum atomic E-state index is 4.38. The van der Waals surface area contributed by atoms with Crippen LogP contribution in [0.5, 0.6) is 0 Å². The summed E-state index contributed by atoms with van der Waals surface area (Å²) in [5, 5.41) is 0. The lowest BCUT2D eigenvalue weighted by molar-refractivity contribution is 0.925. The molecule has 0 amide bonds. The molecule has 2 rings (SSSR count).